The molecule has 0 spiro atoms. The van der Waals surface area contributed by atoms with Crippen molar-refractivity contribution in [3.05, 3.63) is 0 Å². The monoisotopic (exact) mass is 244 g/mol. The van der Waals surface area contributed by atoms with E-state index in [0.717, 1.165) is 19.7 Å². The molecule has 1 aliphatic rings. The van der Waals surface area contributed by atoms with Gasteiger partial charge in [-0.2, -0.15) is 0 Å². The van der Waals surface area contributed by atoms with Crippen LogP contribution in [0.2, 0.25) is 0 Å². The van der Waals surface area contributed by atoms with Crippen molar-refractivity contribution in [2.45, 2.75) is 38.8 Å². The highest BCUT2D eigenvalue weighted by Crippen LogP contribution is 2.29. The smallest absolute Gasteiger partial charge is 0.0753 e. The molecule has 4 heteroatoms. The van der Waals surface area contributed by atoms with Crippen molar-refractivity contribution in [2.75, 3.05) is 40.0 Å². The Labute approximate surface area is 105 Å². The van der Waals surface area contributed by atoms with Crippen LogP contribution >= 0.6 is 0 Å². The lowest BCUT2D eigenvalue weighted by molar-refractivity contribution is -0.135. The van der Waals surface area contributed by atoms with Gasteiger partial charge in [0.2, 0.25) is 0 Å². The van der Waals surface area contributed by atoms with E-state index in [1.54, 1.807) is 7.11 Å². The first-order valence-corrected chi connectivity index (χ1v) is 6.46. The molecule has 0 aromatic heterocycles. The fourth-order valence-corrected chi connectivity index (χ4v) is 2.69. The van der Waals surface area contributed by atoms with E-state index in [2.05, 4.69) is 32.6 Å². The molecule has 1 fully saturated rings. The van der Waals surface area contributed by atoms with Gasteiger partial charge in [-0.15, -0.1) is 0 Å². The number of hydrogen-bond acceptors (Lipinski definition) is 4. The Bertz CT molecular complexity index is 244. The molecule has 0 aromatic rings. The molecule has 0 bridgehead atoms. The SMILES string of the molecule is COCC(CN)(C(C)C)N1CCOC(C)(C)C1. The molecular weight excluding hydrogens is 216 g/mol. The van der Waals surface area contributed by atoms with Crippen LogP contribution in [-0.2, 0) is 9.47 Å². The van der Waals surface area contributed by atoms with Crippen molar-refractivity contribution in [1.82, 2.24) is 4.90 Å². The third-order valence-electron chi connectivity index (χ3n) is 3.88. The molecule has 17 heavy (non-hydrogen) atoms. The average molecular weight is 244 g/mol. The number of nitrogens with two attached hydrogens (primary N) is 1. The predicted molar refractivity (Wildman–Crippen MR) is 70.1 cm³/mol. The molecule has 0 aliphatic carbocycles. The van der Waals surface area contributed by atoms with E-state index >= 15 is 0 Å². The van der Waals surface area contributed by atoms with Crippen molar-refractivity contribution in [2.24, 2.45) is 11.7 Å². The van der Waals surface area contributed by atoms with Crippen LogP contribution in [-0.4, -0.2) is 56.0 Å². The Morgan fingerprint density at radius 3 is 2.53 bits per heavy atom. The summed E-state index contributed by atoms with van der Waals surface area (Å²) in [5.74, 6) is 0.460. The van der Waals surface area contributed by atoms with E-state index in [1.165, 1.54) is 0 Å². The second-order valence-corrected chi connectivity index (χ2v) is 5.93. The van der Waals surface area contributed by atoms with Gasteiger partial charge >= 0.3 is 0 Å². The Morgan fingerprint density at radius 2 is 2.12 bits per heavy atom. The molecule has 1 heterocycles. The normalized spacial score (nSPS) is 24.9. The van der Waals surface area contributed by atoms with E-state index < -0.39 is 0 Å². The van der Waals surface area contributed by atoms with Crippen LogP contribution in [0.1, 0.15) is 27.7 Å². The molecule has 2 N–H and O–H groups in total. The van der Waals surface area contributed by atoms with Crippen molar-refractivity contribution < 1.29 is 9.47 Å². The fourth-order valence-electron chi connectivity index (χ4n) is 2.69. The molecule has 1 atom stereocenters. The van der Waals surface area contributed by atoms with Gasteiger partial charge in [0.1, 0.15) is 0 Å². The molecule has 1 aliphatic heterocycles. The highest BCUT2D eigenvalue weighted by atomic mass is 16.5. The maximum Gasteiger partial charge on any atom is 0.0753 e. The Morgan fingerprint density at radius 1 is 1.47 bits per heavy atom. The van der Waals surface area contributed by atoms with Crippen molar-refractivity contribution in [3.63, 3.8) is 0 Å². The molecule has 4 nitrogen and oxygen atoms in total. The average Bonchev–Trinajstić information content (AvgIpc) is 2.24. The molecule has 1 rings (SSSR count). The van der Waals surface area contributed by atoms with E-state index in [9.17, 15) is 0 Å². The zero-order valence-electron chi connectivity index (χ0n) is 12.0. The number of rotatable bonds is 5. The third kappa shape index (κ3) is 3.19. The fraction of sp³-hybridized carbons (Fsp3) is 1.00. The maximum absolute atomic E-state index is 6.05. The lowest BCUT2D eigenvalue weighted by Gasteiger charge is -2.51. The second kappa shape index (κ2) is 5.65. The van der Waals surface area contributed by atoms with Crippen LogP contribution < -0.4 is 5.73 Å². The second-order valence-electron chi connectivity index (χ2n) is 5.93. The molecular formula is C13H28N2O2. The molecule has 0 aromatic carbocycles. The van der Waals surface area contributed by atoms with Crippen molar-refractivity contribution in [1.29, 1.82) is 0 Å². The van der Waals surface area contributed by atoms with Gasteiger partial charge in [-0.05, 0) is 19.8 Å². The quantitative estimate of drug-likeness (QED) is 0.786. The van der Waals surface area contributed by atoms with Crippen molar-refractivity contribution >= 4 is 0 Å². The number of hydrogen-bond donors (Lipinski definition) is 1. The third-order valence-corrected chi connectivity index (χ3v) is 3.88. The Kier molecular flexibility index (Phi) is 4.95. The lowest BCUT2D eigenvalue weighted by atomic mass is 9.83. The van der Waals surface area contributed by atoms with Gasteiger partial charge in [0.15, 0.2) is 0 Å². The minimum absolute atomic E-state index is 0.0736. The summed E-state index contributed by atoms with van der Waals surface area (Å²) in [6.45, 7) is 12.6. The number of ether oxygens (including phenoxy) is 2. The minimum Gasteiger partial charge on any atom is -0.383 e. The molecule has 1 saturated heterocycles. The first-order valence-electron chi connectivity index (χ1n) is 6.46. The molecule has 102 valence electrons. The predicted octanol–water partition coefficient (Wildman–Crippen LogP) is 1.10. The van der Waals surface area contributed by atoms with Gasteiger partial charge in [0.05, 0.1) is 24.4 Å². The van der Waals surface area contributed by atoms with Crippen LogP contribution in [0.25, 0.3) is 0 Å². The topological polar surface area (TPSA) is 47.7 Å². The molecule has 0 saturated carbocycles. The summed E-state index contributed by atoms with van der Waals surface area (Å²) in [6.07, 6.45) is 0. The van der Waals surface area contributed by atoms with Crippen LogP contribution in [0, 0.1) is 5.92 Å². The zero-order valence-corrected chi connectivity index (χ0v) is 12.0. The van der Waals surface area contributed by atoms with Gasteiger partial charge in [0, 0.05) is 26.7 Å². The summed E-state index contributed by atoms with van der Waals surface area (Å²) in [4.78, 5) is 2.45. The van der Waals surface area contributed by atoms with Gasteiger partial charge in [-0.3, -0.25) is 4.90 Å². The van der Waals surface area contributed by atoms with Gasteiger partial charge in [0.25, 0.3) is 0 Å². The van der Waals surface area contributed by atoms with Crippen molar-refractivity contribution in [3.8, 4) is 0 Å². The number of nitrogens with zero attached hydrogens (tertiary/aromatic N) is 1. The maximum atomic E-state index is 6.05. The van der Waals surface area contributed by atoms with Crippen LogP contribution in [0.4, 0.5) is 0 Å². The van der Waals surface area contributed by atoms with Gasteiger partial charge in [-0.1, -0.05) is 13.8 Å². The number of morpholine rings is 1. The largest absolute Gasteiger partial charge is 0.383 e. The van der Waals surface area contributed by atoms with Gasteiger partial charge < -0.3 is 15.2 Å². The summed E-state index contributed by atoms with van der Waals surface area (Å²) in [6, 6.07) is 0. The summed E-state index contributed by atoms with van der Waals surface area (Å²) in [5, 5.41) is 0. The molecule has 0 radical (unpaired) electrons. The van der Waals surface area contributed by atoms with Gasteiger partial charge in [-0.25, -0.2) is 0 Å². The Hall–Kier alpha value is -0.160. The summed E-state index contributed by atoms with van der Waals surface area (Å²) >= 11 is 0. The zero-order chi connectivity index (χ0) is 13.1. The Balaban J connectivity index is 2.89. The van der Waals surface area contributed by atoms with E-state index in [4.69, 9.17) is 15.2 Å². The highest BCUT2D eigenvalue weighted by Gasteiger charge is 2.43. The van der Waals surface area contributed by atoms with E-state index in [-0.39, 0.29) is 11.1 Å². The molecule has 1 unspecified atom stereocenters. The lowest BCUT2D eigenvalue weighted by Crippen LogP contribution is -2.65. The summed E-state index contributed by atoms with van der Waals surface area (Å²) in [7, 11) is 1.75. The molecule has 0 amide bonds. The summed E-state index contributed by atoms with van der Waals surface area (Å²) in [5.41, 5.74) is 5.88. The van der Waals surface area contributed by atoms with Crippen LogP contribution in [0.15, 0.2) is 0 Å². The minimum atomic E-state index is -0.0959. The first kappa shape index (κ1) is 14.9. The van der Waals surface area contributed by atoms with Crippen LogP contribution in [0.5, 0.6) is 0 Å². The van der Waals surface area contributed by atoms with E-state index in [0.29, 0.717) is 19.1 Å². The van der Waals surface area contributed by atoms with E-state index in [1.807, 2.05) is 0 Å². The highest BCUT2D eigenvalue weighted by molar-refractivity contribution is 4.98. The standard InChI is InChI=1S/C13H28N2O2/c1-11(2)13(8-14,10-16-5)15-6-7-17-12(3,4)9-15/h11H,6-10,14H2,1-5H3. The van der Waals surface area contributed by atoms with Crippen LogP contribution in [0.3, 0.4) is 0 Å². The first-order chi connectivity index (χ1) is 7.88. The summed E-state index contributed by atoms with van der Waals surface area (Å²) < 4.78 is 11.2. The number of methoxy groups -OCH3 is 1.